The van der Waals surface area contributed by atoms with E-state index in [1.807, 2.05) is 42.5 Å². The normalized spacial score (nSPS) is 10.6. The van der Waals surface area contributed by atoms with E-state index in [1.165, 1.54) is 0 Å². The summed E-state index contributed by atoms with van der Waals surface area (Å²) in [6.45, 7) is 0.342. The zero-order chi connectivity index (χ0) is 17.8. The highest BCUT2D eigenvalue weighted by Crippen LogP contribution is 2.19. The summed E-state index contributed by atoms with van der Waals surface area (Å²) in [6.07, 6.45) is 4.99. The zero-order valence-electron chi connectivity index (χ0n) is 13.8. The van der Waals surface area contributed by atoms with Crippen LogP contribution in [-0.4, -0.2) is 20.9 Å². The van der Waals surface area contributed by atoms with Gasteiger partial charge in [0.2, 0.25) is 5.88 Å². The number of para-hydroxylation sites is 1. The van der Waals surface area contributed by atoms with Crippen LogP contribution in [0.1, 0.15) is 16.1 Å². The first-order valence-electron chi connectivity index (χ1n) is 8.16. The first-order chi connectivity index (χ1) is 12.8. The van der Waals surface area contributed by atoms with Crippen LogP contribution in [0.4, 0.5) is 5.69 Å². The zero-order valence-corrected chi connectivity index (χ0v) is 13.8. The summed E-state index contributed by atoms with van der Waals surface area (Å²) in [5, 5.41) is 3.73. The Kier molecular flexibility index (Phi) is 4.30. The molecule has 26 heavy (non-hydrogen) atoms. The molecule has 3 heterocycles. The van der Waals surface area contributed by atoms with E-state index in [9.17, 15) is 4.79 Å². The van der Waals surface area contributed by atoms with Crippen molar-refractivity contribution in [1.82, 2.24) is 15.0 Å². The molecule has 0 saturated heterocycles. The molecule has 4 rings (SSSR count). The smallest absolute Gasteiger partial charge is 0.257 e. The molecule has 6 heteroatoms. The molecule has 3 aromatic heterocycles. The number of fused-ring (bicyclic) bond motifs is 1. The fraction of sp³-hybridized carbons (Fsp3) is 0.0500. The van der Waals surface area contributed by atoms with Crippen LogP contribution in [0.15, 0.2) is 73.2 Å². The number of pyridine rings is 2. The average Bonchev–Trinajstić information content (AvgIpc) is 3.12. The number of hydrogen-bond acceptors (Lipinski definition) is 4. The van der Waals surface area contributed by atoms with Crippen molar-refractivity contribution in [1.29, 1.82) is 0 Å². The van der Waals surface area contributed by atoms with Crippen LogP contribution in [0.5, 0.6) is 5.88 Å². The summed E-state index contributed by atoms with van der Waals surface area (Å²) >= 11 is 0. The van der Waals surface area contributed by atoms with Crippen molar-refractivity contribution in [2.24, 2.45) is 0 Å². The monoisotopic (exact) mass is 344 g/mol. The molecule has 0 atom stereocenters. The molecule has 4 aromatic rings. The highest BCUT2D eigenvalue weighted by Gasteiger charge is 2.12. The summed E-state index contributed by atoms with van der Waals surface area (Å²) in [5.41, 5.74) is 2.95. The molecular weight excluding hydrogens is 328 g/mol. The van der Waals surface area contributed by atoms with E-state index in [2.05, 4.69) is 20.3 Å². The van der Waals surface area contributed by atoms with Gasteiger partial charge in [0, 0.05) is 29.4 Å². The van der Waals surface area contributed by atoms with Crippen LogP contribution in [0, 0.1) is 0 Å². The Balaban J connectivity index is 1.41. The molecule has 1 aromatic carbocycles. The van der Waals surface area contributed by atoms with E-state index in [0.717, 1.165) is 16.6 Å². The standard InChI is InChI=1S/C20H16N4O2/c25-20(17-12-22-18-7-2-1-6-16(17)18)24-14-8-9-19(23-11-14)26-13-15-5-3-4-10-21-15/h1-12,22H,13H2,(H,24,25). The number of rotatable bonds is 5. The third kappa shape index (κ3) is 3.39. The number of amides is 1. The molecule has 1 amide bonds. The van der Waals surface area contributed by atoms with Gasteiger partial charge in [-0.2, -0.15) is 0 Å². The molecule has 0 bridgehead atoms. The Morgan fingerprint density at radius 2 is 1.92 bits per heavy atom. The minimum atomic E-state index is -0.189. The second-order valence-corrected chi connectivity index (χ2v) is 5.70. The lowest BCUT2D eigenvalue weighted by atomic mass is 10.1. The summed E-state index contributed by atoms with van der Waals surface area (Å²) in [7, 11) is 0. The van der Waals surface area contributed by atoms with Gasteiger partial charge in [0.25, 0.3) is 5.91 Å². The van der Waals surface area contributed by atoms with E-state index in [-0.39, 0.29) is 5.91 Å². The number of H-pyrrole nitrogens is 1. The molecule has 0 radical (unpaired) electrons. The van der Waals surface area contributed by atoms with E-state index in [0.29, 0.717) is 23.7 Å². The number of carbonyl (C=O) groups excluding carboxylic acids is 1. The number of nitrogens with one attached hydrogen (secondary N) is 2. The lowest BCUT2D eigenvalue weighted by Gasteiger charge is -2.07. The van der Waals surface area contributed by atoms with Gasteiger partial charge in [0.1, 0.15) is 6.61 Å². The lowest BCUT2D eigenvalue weighted by molar-refractivity contribution is 0.102. The van der Waals surface area contributed by atoms with Crippen molar-refractivity contribution in [3.8, 4) is 5.88 Å². The van der Waals surface area contributed by atoms with Crippen molar-refractivity contribution < 1.29 is 9.53 Å². The second-order valence-electron chi connectivity index (χ2n) is 5.70. The SMILES string of the molecule is O=C(Nc1ccc(OCc2ccccn2)nc1)c1c[nH]c2ccccc12. The van der Waals surface area contributed by atoms with Gasteiger partial charge in [-0.3, -0.25) is 9.78 Å². The van der Waals surface area contributed by atoms with Crippen molar-refractivity contribution in [2.45, 2.75) is 6.61 Å². The molecular formula is C20H16N4O2. The molecule has 0 fully saturated rings. The summed E-state index contributed by atoms with van der Waals surface area (Å²) in [5.74, 6) is 0.284. The lowest BCUT2D eigenvalue weighted by Crippen LogP contribution is -2.11. The number of aromatic amines is 1. The Bertz CT molecular complexity index is 1030. The molecule has 0 aliphatic heterocycles. The molecule has 2 N–H and O–H groups in total. The first-order valence-corrected chi connectivity index (χ1v) is 8.16. The van der Waals surface area contributed by atoms with Crippen LogP contribution < -0.4 is 10.1 Å². The highest BCUT2D eigenvalue weighted by atomic mass is 16.5. The average molecular weight is 344 g/mol. The fourth-order valence-corrected chi connectivity index (χ4v) is 2.63. The molecule has 0 unspecified atom stereocenters. The molecule has 0 spiro atoms. The highest BCUT2D eigenvalue weighted by molar-refractivity contribution is 6.12. The Labute approximate surface area is 149 Å². The summed E-state index contributed by atoms with van der Waals surface area (Å²) in [4.78, 5) is 24.0. The minimum absolute atomic E-state index is 0.189. The number of benzene rings is 1. The third-order valence-electron chi connectivity index (χ3n) is 3.92. The van der Waals surface area contributed by atoms with Gasteiger partial charge in [0.15, 0.2) is 0 Å². The summed E-state index contributed by atoms with van der Waals surface area (Å²) < 4.78 is 5.59. The molecule has 0 aliphatic rings. The van der Waals surface area contributed by atoms with Gasteiger partial charge in [0.05, 0.1) is 23.1 Å². The number of aromatic nitrogens is 3. The van der Waals surface area contributed by atoms with Crippen LogP contribution in [-0.2, 0) is 6.61 Å². The predicted molar refractivity (Wildman–Crippen MR) is 99.1 cm³/mol. The van der Waals surface area contributed by atoms with Gasteiger partial charge in [-0.1, -0.05) is 24.3 Å². The number of ether oxygens (including phenoxy) is 1. The minimum Gasteiger partial charge on any atom is -0.471 e. The van der Waals surface area contributed by atoms with Gasteiger partial charge < -0.3 is 15.0 Å². The number of nitrogens with zero attached hydrogens (tertiary/aromatic N) is 2. The van der Waals surface area contributed by atoms with Gasteiger partial charge in [-0.05, 0) is 24.3 Å². The van der Waals surface area contributed by atoms with Gasteiger partial charge in [-0.15, -0.1) is 0 Å². The van der Waals surface area contributed by atoms with Crippen LogP contribution in [0.2, 0.25) is 0 Å². The largest absolute Gasteiger partial charge is 0.471 e. The van der Waals surface area contributed by atoms with E-state index >= 15 is 0 Å². The van der Waals surface area contributed by atoms with E-state index in [4.69, 9.17) is 4.74 Å². The maximum Gasteiger partial charge on any atom is 0.257 e. The van der Waals surface area contributed by atoms with Crippen molar-refractivity contribution >= 4 is 22.5 Å². The van der Waals surface area contributed by atoms with Crippen molar-refractivity contribution in [3.63, 3.8) is 0 Å². The number of carbonyl (C=O) groups is 1. The fourth-order valence-electron chi connectivity index (χ4n) is 2.63. The quantitative estimate of drug-likeness (QED) is 0.577. The third-order valence-corrected chi connectivity index (χ3v) is 3.92. The van der Waals surface area contributed by atoms with E-state index < -0.39 is 0 Å². The van der Waals surface area contributed by atoms with Gasteiger partial charge in [-0.25, -0.2) is 4.98 Å². The van der Waals surface area contributed by atoms with E-state index in [1.54, 1.807) is 30.7 Å². The Hall–Kier alpha value is -3.67. The predicted octanol–water partition coefficient (Wildman–Crippen LogP) is 3.79. The second kappa shape index (κ2) is 7.06. The molecule has 0 saturated carbocycles. The van der Waals surface area contributed by atoms with Crippen molar-refractivity contribution in [3.05, 3.63) is 84.4 Å². The first kappa shape index (κ1) is 15.8. The van der Waals surface area contributed by atoms with Crippen molar-refractivity contribution in [2.75, 3.05) is 5.32 Å². The maximum absolute atomic E-state index is 12.5. The van der Waals surface area contributed by atoms with Crippen LogP contribution in [0.3, 0.4) is 0 Å². The topological polar surface area (TPSA) is 79.9 Å². The molecule has 0 aliphatic carbocycles. The maximum atomic E-state index is 12.5. The van der Waals surface area contributed by atoms with Crippen LogP contribution in [0.25, 0.3) is 10.9 Å². The van der Waals surface area contributed by atoms with Crippen LogP contribution >= 0.6 is 0 Å². The number of hydrogen-bond donors (Lipinski definition) is 2. The summed E-state index contributed by atoms with van der Waals surface area (Å²) in [6, 6.07) is 16.8. The Morgan fingerprint density at radius 3 is 2.73 bits per heavy atom. The number of anilines is 1. The molecule has 6 nitrogen and oxygen atoms in total. The molecule has 128 valence electrons. The van der Waals surface area contributed by atoms with Gasteiger partial charge >= 0.3 is 0 Å². The Morgan fingerprint density at radius 1 is 1.04 bits per heavy atom.